The van der Waals surface area contributed by atoms with Crippen molar-refractivity contribution in [1.29, 1.82) is 0 Å². The first-order chi connectivity index (χ1) is 10.9. The van der Waals surface area contributed by atoms with E-state index in [0.717, 1.165) is 19.6 Å². The number of halogens is 2. The topological polar surface area (TPSA) is 58.6 Å². The standard InChI is InChI=1S/C15H22F2N2O3S/c1-12(8-11-19-9-4-5-10-19)18-23(20,21)14-7-3-2-6-13(14)22-15(16)17/h2-3,6-7,12,15,18H,4-5,8-11H2,1H3. The first-order valence-corrected chi connectivity index (χ1v) is 9.15. The molecule has 1 aliphatic rings. The molecule has 1 saturated heterocycles. The summed E-state index contributed by atoms with van der Waals surface area (Å²) in [4.78, 5) is 2.02. The highest BCUT2D eigenvalue weighted by molar-refractivity contribution is 7.89. The minimum atomic E-state index is -3.91. The molecule has 1 aliphatic heterocycles. The minimum absolute atomic E-state index is 0.270. The van der Waals surface area contributed by atoms with Crippen LogP contribution in [0.1, 0.15) is 26.2 Å². The lowest BCUT2D eigenvalue weighted by molar-refractivity contribution is -0.0517. The molecule has 1 fully saturated rings. The molecule has 5 nitrogen and oxygen atoms in total. The van der Waals surface area contributed by atoms with Crippen LogP contribution in [0.4, 0.5) is 8.78 Å². The molecular formula is C15H22F2N2O3S. The van der Waals surface area contributed by atoms with E-state index in [4.69, 9.17) is 0 Å². The van der Waals surface area contributed by atoms with Crippen LogP contribution in [0.3, 0.4) is 0 Å². The molecule has 1 atom stereocenters. The van der Waals surface area contributed by atoms with Crippen LogP contribution < -0.4 is 9.46 Å². The third-order valence-corrected chi connectivity index (χ3v) is 5.42. The fourth-order valence-corrected chi connectivity index (χ4v) is 4.05. The van der Waals surface area contributed by atoms with Gasteiger partial charge in [0.2, 0.25) is 10.0 Å². The van der Waals surface area contributed by atoms with Gasteiger partial charge in [-0.25, -0.2) is 13.1 Å². The van der Waals surface area contributed by atoms with Crippen molar-refractivity contribution in [1.82, 2.24) is 9.62 Å². The molecule has 0 aliphatic carbocycles. The van der Waals surface area contributed by atoms with Gasteiger partial charge in [-0.1, -0.05) is 12.1 Å². The normalized spacial score (nSPS) is 17.6. The molecule has 1 unspecified atom stereocenters. The number of hydrogen-bond acceptors (Lipinski definition) is 4. The largest absolute Gasteiger partial charge is 0.433 e. The van der Waals surface area contributed by atoms with Gasteiger partial charge in [0.05, 0.1) is 0 Å². The maximum atomic E-state index is 12.4. The fraction of sp³-hybridized carbons (Fsp3) is 0.600. The highest BCUT2D eigenvalue weighted by atomic mass is 32.2. The molecule has 1 aromatic rings. The summed E-state index contributed by atoms with van der Waals surface area (Å²) in [5.41, 5.74) is 0. The van der Waals surface area contributed by atoms with E-state index in [-0.39, 0.29) is 16.7 Å². The van der Waals surface area contributed by atoms with Crippen LogP contribution in [0.15, 0.2) is 29.2 Å². The van der Waals surface area contributed by atoms with Gasteiger partial charge in [0, 0.05) is 6.04 Å². The lowest BCUT2D eigenvalue weighted by Gasteiger charge is -2.19. The van der Waals surface area contributed by atoms with Crippen LogP contribution in [0.5, 0.6) is 5.75 Å². The Morgan fingerprint density at radius 1 is 1.26 bits per heavy atom. The van der Waals surface area contributed by atoms with E-state index in [0.29, 0.717) is 6.42 Å². The molecule has 130 valence electrons. The number of nitrogens with one attached hydrogen (secondary N) is 1. The molecule has 1 N–H and O–H groups in total. The summed E-state index contributed by atoms with van der Waals surface area (Å²) in [6, 6.07) is 5.11. The molecule has 0 saturated carbocycles. The van der Waals surface area contributed by atoms with Crippen LogP contribution in [-0.4, -0.2) is 45.6 Å². The highest BCUT2D eigenvalue weighted by Gasteiger charge is 2.23. The van der Waals surface area contributed by atoms with E-state index in [1.807, 2.05) is 0 Å². The minimum Gasteiger partial charge on any atom is -0.433 e. The monoisotopic (exact) mass is 348 g/mol. The van der Waals surface area contributed by atoms with Crippen molar-refractivity contribution in [2.75, 3.05) is 19.6 Å². The van der Waals surface area contributed by atoms with Crippen LogP contribution >= 0.6 is 0 Å². The summed E-state index contributed by atoms with van der Waals surface area (Å²) in [5.74, 6) is -0.346. The fourth-order valence-electron chi connectivity index (χ4n) is 2.64. The second-order valence-electron chi connectivity index (χ2n) is 5.68. The Morgan fingerprint density at radius 3 is 2.57 bits per heavy atom. The lowest BCUT2D eigenvalue weighted by atomic mass is 10.2. The van der Waals surface area contributed by atoms with Crippen LogP contribution in [0.25, 0.3) is 0 Å². The van der Waals surface area contributed by atoms with E-state index in [2.05, 4.69) is 14.4 Å². The number of alkyl halides is 2. The summed E-state index contributed by atoms with van der Waals surface area (Å²) in [6.45, 7) is 1.61. The van der Waals surface area contributed by atoms with Gasteiger partial charge >= 0.3 is 6.61 Å². The van der Waals surface area contributed by atoms with Gasteiger partial charge < -0.3 is 9.64 Å². The lowest BCUT2D eigenvalue weighted by Crippen LogP contribution is -2.35. The maximum Gasteiger partial charge on any atom is 0.387 e. The summed E-state index contributed by atoms with van der Waals surface area (Å²) in [6.07, 6.45) is 3.02. The number of benzene rings is 1. The van der Waals surface area contributed by atoms with Crippen molar-refractivity contribution < 1.29 is 21.9 Å². The van der Waals surface area contributed by atoms with Crippen LogP contribution in [-0.2, 0) is 10.0 Å². The third kappa shape index (κ3) is 5.40. The second-order valence-corrected chi connectivity index (χ2v) is 7.37. The molecule has 0 amide bonds. The SMILES string of the molecule is CC(CCN1CCCC1)NS(=O)(=O)c1ccccc1OC(F)F. The Balaban J connectivity index is 2.00. The Morgan fingerprint density at radius 2 is 1.91 bits per heavy atom. The van der Waals surface area contributed by atoms with Crippen molar-refractivity contribution >= 4 is 10.0 Å². The molecule has 0 aromatic heterocycles. The van der Waals surface area contributed by atoms with Crippen LogP contribution in [0.2, 0.25) is 0 Å². The second kappa shape index (κ2) is 8.03. The molecule has 2 rings (SSSR count). The summed E-state index contributed by atoms with van der Waals surface area (Å²) >= 11 is 0. The number of ether oxygens (including phenoxy) is 1. The first-order valence-electron chi connectivity index (χ1n) is 7.67. The maximum absolute atomic E-state index is 12.4. The van der Waals surface area contributed by atoms with Crippen LogP contribution in [0, 0.1) is 0 Å². The number of para-hydroxylation sites is 1. The molecule has 0 bridgehead atoms. The average Bonchev–Trinajstić information content (AvgIpc) is 2.97. The van der Waals surface area contributed by atoms with Gasteiger partial charge in [-0.3, -0.25) is 0 Å². The first kappa shape index (κ1) is 18.1. The summed E-state index contributed by atoms with van der Waals surface area (Å²) in [7, 11) is -3.91. The number of hydrogen-bond donors (Lipinski definition) is 1. The van der Waals surface area contributed by atoms with Gasteiger partial charge in [-0.2, -0.15) is 8.78 Å². The van der Waals surface area contributed by atoms with Crippen molar-refractivity contribution in [2.45, 2.75) is 43.7 Å². The molecule has 0 radical (unpaired) electrons. The van der Waals surface area contributed by atoms with E-state index in [1.165, 1.54) is 37.1 Å². The van der Waals surface area contributed by atoms with Gasteiger partial charge in [-0.15, -0.1) is 0 Å². The Kier molecular flexibility index (Phi) is 6.32. The van der Waals surface area contributed by atoms with Gasteiger partial charge in [0.15, 0.2) is 0 Å². The Bertz CT molecular complexity index is 604. The van der Waals surface area contributed by atoms with Crippen molar-refractivity contribution in [3.63, 3.8) is 0 Å². The number of rotatable bonds is 8. The van der Waals surface area contributed by atoms with E-state index in [1.54, 1.807) is 6.92 Å². The number of likely N-dealkylation sites (tertiary alicyclic amines) is 1. The van der Waals surface area contributed by atoms with Crippen molar-refractivity contribution in [3.8, 4) is 5.75 Å². The Labute approximate surface area is 135 Å². The molecule has 8 heteroatoms. The van der Waals surface area contributed by atoms with Crippen molar-refractivity contribution in [3.05, 3.63) is 24.3 Å². The van der Waals surface area contributed by atoms with E-state index >= 15 is 0 Å². The van der Waals surface area contributed by atoms with Gasteiger partial charge in [0.25, 0.3) is 0 Å². The van der Waals surface area contributed by atoms with E-state index < -0.39 is 16.6 Å². The van der Waals surface area contributed by atoms with E-state index in [9.17, 15) is 17.2 Å². The number of sulfonamides is 1. The predicted octanol–water partition coefficient (Wildman–Crippen LogP) is 2.44. The zero-order valence-electron chi connectivity index (χ0n) is 13.0. The zero-order chi connectivity index (χ0) is 16.9. The molecule has 23 heavy (non-hydrogen) atoms. The zero-order valence-corrected chi connectivity index (χ0v) is 13.9. The quantitative estimate of drug-likeness (QED) is 0.784. The predicted molar refractivity (Wildman–Crippen MR) is 83.1 cm³/mol. The highest BCUT2D eigenvalue weighted by Crippen LogP contribution is 2.25. The van der Waals surface area contributed by atoms with Gasteiger partial charge in [-0.05, 0) is 58.0 Å². The molecule has 0 spiro atoms. The summed E-state index contributed by atoms with van der Waals surface area (Å²) < 4.78 is 56.4. The number of nitrogens with zero attached hydrogens (tertiary/aromatic N) is 1. The molecule has 1 heterocycles. The molecule has 1 aromatic carbocycles. The summed E-state index contributed by atoms with van der Waals surface area (Å²) in [5, 5.41) is 0. The average molecular weight is 348 g/mol. The third-order valence-electron chi connectivity index (χ3n) is 3.79. The van der Waals surface area contributed by atoms with Crippen molar-refractivity contribution in [2.24, 2.45) is 0 Å². The molecular weight excluding hydrogens is 326 g/mol. The Hall–Kier alpha value is -1.25. The van der Waals surface area contributed by atoms with Gasteiger partial charge in [0.1, 0.15) is 10.6 Å². The smallest absolute Gasteiger partial charge is 0.387 e.